The summed E-state index contributed by atoms with van der Waals surface area (Å²) in [6, 6.07) is 0. The molecule has 0 atom stereocenters. The molecule has 0 radical (unpaired) electrons. The molecule has 0 spiro atoms. The van der Waals surface area contributed by atoms with Crippen LogP contribution in [0.3, 0.4) is 0 Å². The largest absolute Gasteiger partial charge is 0.307 e. The fourth-order valence-corrected chi connectivity index (χ4v) is 2.09. The highest BCUT2D eigenvalue weighted by Crippen LogP contribution is 2.32. The lowest BCUT2D eigenvalue weighted by molar-refractivity contribution is 0.957. The van der Waals surface area contributed by atoms with Crippen LogP contribution < -0.4 is 11.3 Å². The van der Waals surface area contributed by atoms with Crippen LogP contribution in [0.4, 0.5) is 5.82 Å². The maximum absolute atomic E-state index is 5.28. The molecule has 0 aliphatic carbocycles. The van der Waals surface area contributed by atoms with Gasteiger partial charge in [0.05, 0.1) is 4.47 Å². The van der Waals surface area contributed by atoms with Gasteiger partial charge in [-0.25, -0.2) is 20.8 Å². The second kappa shape index (κ2) is 4.55. The van der Waals surface area contributed by atoms with Gasteiger partial charge in [-0.05, 0) is 27.7 Å². The van der Waals surface area contributed by atoms with Crippen LogP contribution in [-0.4, -0.2) is 25.1 Å². The molecule has 0 aromatic carbocycles. The average molecular weight is 288 g/mol. The highest BCUT2D eigenvalue weighted by atomic mass is 79.9. The molecule has 0 fully saturated rings. The van der Waals surface area contributed by atoms with Gasteiger partial charge >= 0.3 is 0 Å². The van der Waals surface area contributed by atoms with E-state index in [1.807, 2.05) is 0 Å². The molecule has 0 unspecified atom stereocenters. The van der Waals surface area contributed by atoms with Crippen LogP contribution >= 0.6 is 27.7 Å². The Morgan fingerprint density at radius 3 is 2.87 bits per heavy atom. The van der Waals surface area contributed by atoms with Crippen molar-refractivity contribution in [2.75, 3.05) is 5.43 Å². The second-order valence-electron chi connectivity index (χ2n) is 2.38. The van der Waals surface area contributed by atoms with Crippen LogP contribution in [0.2, 0.25) is 0 Å². The number of aromatic nitrogens is 5. The topological polar surface area (TPSA) is 105 Å². The minimum Gasteiger partial charge on any atom is -0.307 e. The van der Waals surface area contributed by atoms with Crippen molar-refractivity contribution in [1.29, 1.82) is 0 Å². The molecule has 78 valence electrons. The highest BCUT2D eigenvalue weighted by Gasteiger charge is 2.10. The SMILES string of the molecule is NNc1ncnc(Sc2ncn[nH]2)c1Br. The van der Waals surface area contributed by atoms with E-state index in [1.165, 1.54) is 24.4 Å². The molecule has 2 aromatic heterocycles. The van der Waals surface area contributed by atoms with Crippen LogP contribution in [0.1, 0.15) is 0 Å². The molecule has 0 aliphatic rings. The Morgan fingerprint density at radius 2 is 2.20 bits per heavy atom. The summed E-state index contributed by atoms with van der Waals surface area (Å²) in [5, 5.41) is 7.81. The summed E-state index contributed by atoms with van der Waals surface area (Å²) < 4.78 is 0.689. The van der Waals surface area contributed by atoms with E-state index >= 15 is 0 Å². The van der Waals surface area contributed by atoms with Crippen LogP contribution in [0, 0.1) is 0 Å². The van der Waals surface area contributed by atoms with Gasteiger partial charge < -0.3 is 5.43 Å². The van der Waals surface area contributed by atoms with Gasteiger partial charge in [-0.2, -0.15) is 5.10 Å². The molecule has 2 aromatic rings. The number of hydrogen-bond acceptors (Lipinski definition) is 7. The number of hydrogen-bond donors (Lipinski definition) is 3. The summed E-state index contributed by atoms with van der Waals surface area (Å²) in [5.41, 5.74) is 2.46. The van der Waals surface area contributed by atoms with Crippen LogP contribution in [0.15, 0.2) is 27.3 Å². The number of nitrogen functional groups attached to an aromatic ring is 1. The number of hydrazine groups is 1. The normalized spacial score (nSPS) is 10.3. The number of nitrogens with one attached hydrogen (secondary N) is 2. The molecule has 4 N–H and O–H groups in total. The molecule has 0 amide bonds. The van der Waals surface area contributed by atoms with E-state index in [2.05, 4.69) is 46.5 Å². The van der Waals surface area contributed by atoms with E-state index in [0.29, 0.717) is 20.5 Å². The summed E-state index contributed by atoms with van der Waals surface area (Å²) in [7, 11) is 0. The number of nitrogens with zero attached hydrogens (tertiary/aromatic N) is 4. The van der Waals surface area contributed by atoms with Gasteiger partial charge in [-0.15, -0.1) is 0 Å². The Kier molecular flexibility index (Phi) is 3.14. The van der Waals surface area contributed by atoms with Crippen molar-refractivity contribution < 1.29 is 0 Å². The first-order chi connectivity index (χ1) is 7.31. The number of H-pyrrole nitrogens is 1. The monoisotopic (exact) mass is 287 g/mol. The van der Waals surface area contributed by atoms with Gasteiger partial charge in [0.1, 0.15) is 17.7 Å². The summed E-state index contributed by atoms with van der Waals surface area (Å²) in [4.78, 5) is 12.0. The molecular formula is C6H6BrN7S. The van der Waals surface area contributed by atoms with Gasteiger partial charge in [0.15, 0.2) is 11.0 Å². The third-order valence-electron chi connectivity index (χ3n) is 1.48. The molecule has 0 saturated carbocycles. The molecule has 2 rings (SSSR count). The summed E-state index contributed by atoms with van der Waals surface area (Å²) in [5.74, 6) is 5.80. The predicted molar refractivity (Wildman–Crippen MR) is 58.0 cm³/mol. The molecule has 2 heterocycles. The molecule has 7 nitrogen and oxygen atoms in total. The predicted octanol–water partition coefficient (Wildman–Crippen LogP) is 0.794. The first-order valence-electron chi connectivity index (χ1n) is 3.81. The molecule has 0 saturated heterocycles. The van der Waals surface area contributed by atoms with Gasteiger partial charge in [0, 0.05) is 0 Å². The number of rotatable bonds is 3. The van der Waals surface area contributed by atoms with E-state index in [9.17, 15) is 0 Å². The van der Waals surface area contributed by atoms with Crippen molar-refractivity contribution in [2.45, 2.75) is 10.2 Å². The molecular weight excluding hydrogens is 282 g/mol. The van der Waals surface area contributed by atoms with E-state index < -0.39 is 0 Å². The van der Waals surface area contributed by atoms with Crippen LogP contribution in [0.5, 0.6) is 0 Å². The number of nitrogens with two attached hydrogens (primary N) is 1. The van der Waals surface area contributed by atoms with Crippen molar-refractivity contribution in [3.8, 4) is 0 Å². The van der Waals surface area contributed by atoms with Crippen molar-refractivity contribution in [2.24, 2.45) is 5.84 Å². The molecule has 9 heteroatoms. The maximum atomic E-state index is 5.28. The Morgan fingerprint density at radius 1 is 1.33 bits per heavy atom. The third-order valence-corrected chi connectivity index (χ3v) is 3.39. The Balaban J connectivity index is 2.29. The van der Waals surface area contributed by atoms with Gasteiger partial charge in [-0.3, -0.25) is 5.10 Å². The van der Waals surface area contributed by atoms with E-state index in [0.717, 1.165) is 0 Å². The summed E-state index contributed by atoms with van der Waals surface area (Å²) >= 11 is 4.66. The quantitative estimate of drug-likeness (QED) is 0.435. The summed E-state index contributed by atoms with van der Waals surface area (Å²) in [6.45, 7) is 0. The first kappa shape index (κ1) is 10.3. The van der Waals surface area contributed by atoms with Gasteiger partial charge in [0.2, 0.25) is 0 Å². The van der Waals surface area contributed by atoms with Crippen molar-refractivity contribution >= 4 is 33.5 Å². The third kappa shape index (κ3) is 2.25. The zero-order valence-electron chi connectivity index (χ0n) is 7.31. The second-order valence-corrected chi connectivity index (χ2v) is 4.15. The molecule has 15 heavy (non-hydrogen) atoms. The number of anilines is 1. The van der Waals surface area contributed by atoms with Gasteiger partial charge in [0.25, 0.3) is 0 Å². The maximum Gasteiger partial charge on any atom is 0.189 e. The summed E-state index contributed by atoms with van der Waals surface area (Å²) in [6.07, 6.45) is 2.85. The van der Waals surface area contributed by atoms with Crippen LogP contribution in [-0.2, 0) is 0 Å². The zero-order valence-corrected chi connectivity index (χ0v) is 9.71. The molecule has 0 aliphatic heterocycles. The number of halogens is 1. The lowest BCUT2D eigenvalue weighted by Crippen LogP contribution is -2.09. The fraction of sp³-hybridized carbons (Fsp3) is 0. The smallest absolute Gasteiger partial charge is 0.189 e. The van der Waals surface area contributed by atoms with Crippen molar-refractivity contribution in [3.63, 3.8) is 0 Å². The number of aromatic amines is 1. The zero-order chi connectivity index (χ0) is 10.7. The van der Waals surface area contributed by atoms with Crippen molar-refractivity contribution in [3.05, 3.63) is 17.1 Å². The Labute approximate surface area is 97.4 Å². The van der Waals surface area contributed by atoms with Crippen LogP contribution in [0.25, 0.3) is 0 Å². The lowest BCUT2D eigenvalue weighted by atomic mass is 10.6. The average Bonchev–Trinajstić information content (AvgIpc) is 2.74. The first-order valence-corrected chi connectivity index (χ1v) is 5.42. The minimum atomic E-state index is 0.520. The Hall–Kier alpha value is -1.19. The highest BCUT2D eigenvalue weighted by molar-refractivity contribution is 9.10. The van der Waals surface area contributed by atoms with Crippen molar-refractivity contribution in [1.82, 2.24) is 25.1 Å². The van der Waals surface area contributed by atoms with E-state index in [-0.39, 0.29) is 0 Å². The minimum absolute atomic E-state index is 0.520. The van der Waals surface area contributed by atoms with E-state index in [1.54, 1.807) is 0 Å². The lowest BCUT2D eigenvalue weighted by Gasteiger charge is -2.04. The molecule has 0 bridgehead atoms. The van der Waals surface area contributed by atoms with Gasteiger partial charge in [-0.1, -0.05) is 0 Å². The Bertz CT molecular complexity index is 445. The standard InChI is InChI=1S/C6H6BrN7S/c7-3-4(13-8)9-1-10-5(3)15-6-11-2-12-14-6/h1-2H,8H2,(H,9,10,13)(H,11,12,14). The van der Waals surface area contributed by atoms with E-state index in [4.69, 9.17) is 5.84 Å². The fourth-order valence-electron chi connectivity index (χ4n) is 0.860.